The summed E-state index contributed by atoms with van der Waals surface area (Å²) in [4.78, 5) is 24.2. The van der Waals surface area contributed by atoms with Crippen LogP contribution in [0.4, 0.5) is 5.69 Å². The average molecular weight is 339 g/mol. The normalized spacial score (nSPS) is 18.9. The summed E-state index contributed by atoms with van der Waals surface area (Å²) >= 11 is 0. The number of amides is 2. The van der Waals surface area contributed by atoms with Crippen molar-refractivity contribution in [3.8, 4) is 0 Å². The molecule has 2 aliphatic heterocycles. The first-order valence-electron chi connectivity index (χ1n) is 8.63. The second kappa shape index (κ2) is 6.68. The number of hydrogen-bond acceptors (Lipinski definition) is 4. The average Bonchev–Trinajstić information content (AvgIpc) is 3.03. The Kier molecular flexibility index (Phi) is 4.23. The van der Waals surface area contributed by atoms with E-state index in [0.29, 0.717) is 12.8 Å². The van der Waals surface area contributed by atoms with E-state index in [1.54, 1.807) is 0 Å². The van der Waals surface area contributed by atoms with Gasteiger partial charge in [0.15, 0.2) is 0 Å². The lowest BCUT2D eigenvalue weighted by Crippen LogP contribution is -2.35. The van der Waals surface area contributed by atoms with Crippen molar-refractivity contribution in [1.29, 1.82) is 0 Å². The third-order valence-corrected chi connectivity index (χ3v) is 4.66. The van der Waals surface area contributed by atoms with Crippen molar-refractivity contribution in [3.63, 3.8) is 0 Å². The minimum Gasteiger partial charge on any atom is -0.349 e. The van der Waals surface area contributed by atoms with Crippen LogP contribution in [0.2, 0.25) is 0 Å². The van der Waals surface area contributed by atoms with Crippen molar-refractivity contribution in [2.75, 3.05) is 11.9 Å². The lowest BCUT2D eigenvalue weighted by molar-refractivity contribution is -0.122. The molecule has 3 heterocycles. The fraction of sp³-hybridized carbons (Fsp3) is 0.389. The molecule has 3 N–H and O–H groups in total. The number of aryl methyl sites for hydroxylation is 1. The molecule has 2 amide bonds. The molecule has 0 saturated heterocycles. The zero-order valence-corrected chi connectivity index (χ0v) is 13.9. The Morgan fingerprint density at radius 2 is 2.24 bits per heavy atom. The van der Waals surface area contributed by atoms with Crippen LogP contribution >= 0.6 is 0 Å². The molecule has 0 aliphatic carbocycles. The van der Waals surface area contributed by atoms with E-state index in [2.05, 4.69) is 27.1 Å². The number of anilines is 1. The van der Waals surface area contributed by atoms with Crippen LogP contribution in [0.5, 0.6) is 0 Å². The van der Waals surface area contributed by atoms with E-state index in [0.717, 1.165) is 36.6 Å². The van der Waals surface area contributed by atoms with Gasteiger partial charge in [0.1, 0.15) is 0 Å². The molecule has 7 nitrogen and oxygen atoms in total. The first-order chi connectivity index (χ1) is 12.2. The van der Waals surface area contributed by atoms with Crippen molar-refractivity contribution in [2.24, 2.45) is 0 Å². The van der Waals surface area contributed by atoms with Gasteiger partial charge in [0.25, 0.3) is 0 Å². The molecule has 1 atom stereocenters. The van der Waals surface area contributed by atoms with Crippen LogP contribution in [-0.4, -0.2) is 28.1 Å². The van der Waals surface area contributed by atoms with E-state index in [-0.39, 0.29) is 24.3 Å². The summed E-state index contributed by atoms with van der Waals surface area (Å²) in [7, 11) is 0. The minimum atomic E-state index is -0.267. The number of hydrogen-bond donors (Lipinski definition) is 3. The topological polar surface area (TPSA) is 88.0 Å². The van der Waals surface area contributed by atoms with Crippen molar-refractivity contribution in [1.82, 2.24) is 20.4 Å². The van der Waals surface area contributed by atoms with Crippen molar-refractivity contribution in [2.45, 2.75) is 38.4 Å². The first-order valence-corrected chi connectivity index (χ1v) is 8.63. The molecule has 25 heavy (non-hydrogen) atoms. The van der Waals surface area contributed by atoms with E-state index in [4.69, 9.17) is 0 Å². The summed E-state index contributed by atoms with van der Waals surface area (Å²) in [5.74, 6) is -0.128. The molecule has 7 heteroatoms. The van der Waals surface area contributed by atoms with E-state index in [1.165, 1.54) is 5.69 Å². The van der Waals surface area contributed by atoms with E-state index in [9.17, 15) is 9.59 Å². The van der Waals surface area contributed by atoms with Gasteiger partial charge in [-0.2, -0.15) is 5.10 Å². The molecule has 1 unspecified atom stereocenters. The lowest BCUT2D eigenvalue weighted by atomic mass is 9.97. The van der Waals surface area contributed by atoms with Gasteiger partial charge in [-0.15, -0.1) is 0 Å². The molecule has 1 aromatic heterocycles. The Labute approximate surface area is 145 Å². The summed E-state index contributed by atoms with van der Waals surface area (Å²) in [6.07, 6.45) is 1.24. The van der Waals surface area contributed by atoms with E-state index < -0.39 is 0 Å². The SMILES string of the molecule is O=C1CC(NC(=O)CCc2cc3n(n2)CCNC3)c2ccccc2N1. The van der Waals surface area contributed by atoms with Gasteiger partial charge in [0.2, 0.25) is 11.8 Å². The Morgan fingerprint density at radius 3 is 3.12 bits per heavy atom. The molecular formula is C18H21N5O2. The predicted octanol–water partition coefficient (Wildman–Crippen LogP) is 1.12. The van der Waals surface area contributed by atoms with Crippen LogP contribution in [0.15, 0.2) is 30.3 Å². The largest absolute Gasteiger partial charge is 0.349 e. The zero-order valence-electron chi connectivity index (χ0n) is 13.9. The second-order valence-corrected chi connectivity index (χ2v) is 6.49. The summed E-state index contributed by atoms with van der Waals surface area (Å²) in [6, 6.07) is 9.38. The molecule has 0 fully saturated rings. The number of carbonyl (C=O) groups is 2. The highest BCUT2D eigenvalue weighted by Gasteiger charge is 2.26. The number of carbonyl (C=O) groups excluding carboxylic acids is 2. The molecular weight excluding hydrogens is 318 g/mol. The Bertz CT molecular complexity index is 790. The molecule has 2 aliphatic rings. The Balaban J connectivity index is 1.38. The number of para-hydroxylation sites is 1. The van der Waals surface area contributed by atoms with E-state index in [1.807, 2.05) is 28.9 Å². The van der Waals surface area contributed by atoms with Gasteiger partial charge in [-0.3, -0.25) is 14.3 Å². The summed E-state index contributed by atoms with van der Waals surface area (Å²) in [5.41, 5.74) is 3.84. The van der Waals surface area contributed by atoms with Crippen molar-refractivity contribution in [3.05, 3.63) is 47.3 Å². The fourth-order valence-electron chi connectivity index (χ4n) is 3.42. The van der Waals surface area contributed by atoms with Crippen LogP contribution < -0.4 is 16.0 Å². The number of benzene rings is 1. The monoisotopic (exact) mass is 339 g/mol. The molecule has 0 radical (unpaired) electrons. The molecule has 4 rings (SSSR count). The third-order valence-electron chi connectivity index (χ3n) is 4.66. The molecule has 130 valence electrons. The highest BCUT2D eigenvalue weighted by Crippen LogP contribution is 2.30. The summed E-state index contributed by atoms with van der Waals surface area (Å²) in [5, 5.41) is 13.7. The van der Waals surface area contributed by atoms with Gasteiger partial charge in [0.05, 0.1) is 30.4 Å². The van der Waals surface area contributed by atoms with Gasteiger partial charge >= 0.3 is 0 Å². The summed E-state index contributed by atoms with van der Waals surface area (Å²) in [6.45, 7) is 2.63. The van der Waals surface area contributed by atoms with Crippen LogP contribution in [0.25, 0.3) is 0 Å². The first kappa shape index (κ1) is 15.8. The van der Waals surface area contributed by atoms with Gasteiger partial charge < -0.3 is 16.0 Å². The van der Waals surface area contributed by atoms with Crippen LogP contribution in [0.1, 0.15) is 35.8 Å². The van der Waals surface area contributed by atoms with Crippen LogP contribution in [0.3, 0.4) is 0 Å². The quantitative estimate of drug-likeness (QED) is 0.779. The lowest BCUT2D eigenvalue weighted by Gasteiger charge is -2.26. The minimum absolute atomic E-state index is 0.0569. The van der Waals surface area contributed by atoms with Gasteiger partial charge in [0, 0.05) is 31.6 Å². The maximum atomic E-state index is 12.4. The molecule has 0 spiro atoms. The zero-order chi connectivity index (χ0) is 17.2. The van der Waals surface area contributed by atoms with E-state index >= 15 is 0 Å². The van der Waals surface area contributed by atoms with Crippen LogP contribution in [0, 0.1) is 0 Å². The van der Waals surface area contributed by atoms with Crippen molar-refractivity contribution < 1.29 is 9.59 Å². The predicted molar refractivity (Wildman–Crippen MR) is 92.8 cm³/mol. The highest BCUT2D eigenvalue weighted by atomic mass is 16.2. The van der Waals surface area contributed by atoms with Gasteiger partial charge in [-0.1, -0.05) is 18.2 Å². The fourth-order valence-corrected chi connectivity index (χ4v) is 3.42. The number of nitrogens with one attached hydrogen (secondary N) is 3. The standard InChI is InChI=1S/C18H21N5O2/c24-17(6-5-12-9-13-11-19-7-8-23(13)22-12)21-16-10-18(25)20-15-4-2-1-3-14(15)16/h1-4,9,16,19H,5-8,10-11H2,(H,20,25)(H,21,24). The third kappa shape index (κ3) is 3.41. The van der Waals surface area contributed by atoms with Crippen LogP contribution in [-0.2, 0) is 29.1 Å². The summed E-state index contributed by atoms with van der Waals surface area (Å²) < 4.78 is 2.01. The number of fused-ring (bicyclic) bond motifs is 2. The Hall–Kier alpha value is -2.67. The maximum Gasteiger partial charge on any atom is 0.226 e. The number of aromatic nitrogens is 2. The smallest absolute Gasteiger partial charge is 0.226 e. The molecule has 0 bridgehead atoms. The maximum absolute atomic E-state index is 12.4. The molecule has 1 aromatic carbocycles. The number of rotatable bonds is 4. The van der Waals surface area contributed by atoms with Gasteiger partial charge in [-0.25, -0.2) is 0 Å². The van der Waals surface area contributed by atoms with Gasteiger partial charge in [-0.05, 0) is 17.7 Å². The molecule has 2 aromatic rings. The highest BCUT2D eigenvalue weighted by molar-refractivity contribution is 5.95. The van der Waals surface area contributed by atoms with Crippen molar-refractivity contribution >= 4 is 17.5 Å². The second-order valence-electron chi connectivity index (χ2n) is 6.49. The molecule has 0 saturated carbocycles. The Morgan fingerprint density at radius 1 is 1.36 bits per heavy atom. The number of nitrogens with zero attached hydrogens (tertiary/aromatic N) is 2.